The third-order valence-electron chi connectivity index (χ3n) is 8.69. The number of hydrogen-bond acceptors (Lipinski definition) is 6. The number of ketones is 2. The van der Waals surface area contributed by atoms with Gasteiger partial charge in [-0.2, -0.15) is 0 Å². The molecule has 234 valence electrons. The van der Waals surface area contributed by atoms with E-state index in [1.165, 1.54) is 13.8 Å². The van der Waals surface area contributed by atoms with Crippen molar-refractivity contribution in [2.45, 2.75) is 82.5 Å². The Morgan fingerprint density at radius 1 is 1.12 bits per heavy atom. The Morgan fingerprint density at radius 3 is 2.58 bits per heavy atom. The molecule has 0 radical (unpaired) electrons. The molecule has 1 aromatic heterocycles. The molecule has 1 saturated carbocycles. The number of nitrogens with one attached hydrogen (secondary N) is 2. The summed E-state index contributed by atoms with van der Waals surface area (Å²) in [4.78, 5) is 57.0. The molecule has 0 bridgehead atoms. The Balaban J connectivity index is 0.00000253. The first-order valence-electron chi connectivity index (χ1n) is 14.5. The van der Waals surface area contributed by atoms with Crippen LogP contribution in [0.3, 0.4) is 0 Å². The van der Waals surface area contributed by atoms with Gasteiger partial charge in [0.15, 0.2) is 11.8 Å². The Morgan fingerprint density at radius 2 is 1.88 bits per heavy atom. The number of H-pyrrole nitrogens is 1. The number of aromatic amines is 1. The second kappa shape index (κ2) is 14.1. The van der Waals surface area contributed by atoms with Gasteiger partial charge in [-0.1, -0.05) is 18.6 Å². The van der Waals surface area contributed by atoms with Crippen LogP contribution in [0.5, 0.6) is 11.5 Å². The fourth-order valence-electron chi connectivity index (χ4n) is 6.11. The van der Waals surface area contributed by atoms with Crippen LogP contribution >= 0.6 is 0 Å². The Hall–Kier alpha value is -3.21. The van der Waals surface area contributed by atoms with E-state index >= 15 is 0 Å². The average Bonchev–Trinajstić information content (AvgIpc) is 3.48. The van der Waals surface area contributed by atoms with E-state index in [0.717, 1.165) is 31.1 Å². The number of halogens is 2. The van der Waals surface area contributed by atoms with E-state index < -0.39 is 23.7 Å². The number of aromatic nitrogens is 1. The van der Waals surface area contributed by atoms with Crippen molar-refractivity contribution < 1.29 is 64.2 Å². The van der Waals surface area contributed by atoms with Gasteiger partial charge in [-0.25, -0.2) is 4.98 Å². The third kappa shape index (κ3) is 7.13. The number of benzene rings is 1. The zero-order chi connectivity index (χ0) is 29.3. The first kappa shape index (κ1) is 34.3. The van der Waals surface area contributed by atoms with Gasteiger partial charge in [-0.15, -0.1) is 0 Å². The number of ether oxygens (including phenoxy) is 2. The van der Waals surface area contributed by atoms with Gasteiger partial charge < -0.3 is 50.2 Å². The SMILES string of the molecule is COc1ccc2c(O[C@@H]3C[C@H]4C(=O)N[C@]5(C(C)=O)CC5/C=C\CCCCC[C@H]([NH3+])C(=O)N4C3)cc(C(C)=O)[nH+]c2c1.[Cl-].[Cl-]. The summed E-state index contributed by atoms with van der Waals surface area (Å²) in [6.45, 7) is 3.18. The number of hydrogen-bond donors (Lipinski definition) is 2. The van der Waals surface area contributed by atoms with E-state index in [4.69, 9.17) is 9.47 Å². The maximum absolute atomic E-state index is 13.7. The van der Waals surface area contributed by atoms with Crippen molar-refractivity contribution >= 4 is 34.3 Å². The second-order valence-electron chi connectivity index (χ2n) is 11.6. The molecular weight excluding hydrogens is 595 g/mol. The zero-order valence-electron chi connectivity index (χ0n) is 24.8. The molecule has 5 N–H and O–H groups in total. The lowest BCUT2D eigenvalue weighted by molar-refractivity contribution is -0.407. The standard InChI is InChI=1S/C31H38N4O6.2ClH/c1-18(36)25-15-28(23-12-11-21(40-3)13-26(23)33-25)41-22-14-27-29(38)34-31(19(2)37)16-20(31)9-7-5-4-6-8-10-24(32)30(39)35(27)17-22;;/h7,9,11-13,15,20,22,24,27H,4-6,8,10,14,16-17,32H2,1-3H3,(H,34,38);2*1H/b9-7-;;/t20?,22-,24+,27+,31+;;/m1../s1. The molecule has 1 saturated heterocycles. The van der Waals surface area contributed by atoms with E-state index in [0.29, 0.717) is 35.6 Å². The van der Waals surface area contributed by atoms with Crippen LogP contribution in [0.1, 0.15) is 69.3 Å². The van der Waals surface area contributed by atoms with Gasteiger partial charge in [0.1, 0.15) is 29.2 Å². The Bertz CT molecular complexity index is 1420. The highest BCUT2D eigenvalue weighted by Gasteiger charge is 2.59. The van der Waals surface area contributed by atoms with Crippen molar-refractivity contribution in [3.8, 4) is 11.5 Å². The van der Waals surface area contributed by atoms with Crippen molar-refractivity contribution in [1.82, 2.24) is 10.2 Å². The minimum absolute atomic E-state index is 0. The first-order chi connectivity index (χ1) is 19.6. The van der Waals surface area contributed by atoms with Gasteiger partial charge in [-0.05, 0) is 44.7 Å². The highest BCUT2D eigenvalue weighted by atomic mass is 35.5. The third-order valence-corrected chi connectivity index (χ3v) is 8.69. The predicted molar refractivity (Wildman–Crippen MR) is 150 cm³/mol. The number of amides is 2. The zero-order valence-corrected chi connectivity index (χ0v) is 26.3. The van der Waals surface area contributed by atoms with Crippen LogP contribution in [0.25, 0.3) is 10.9 Å². The Labute approximate surface area is 263 Å². The number of nitrogens with zero attached hydrogens (tertiary/aromatic N) is 1. The maximum atomic E-state index is 13.7. The lowest BCUT2D eigenvalue weighted by Crippen LogP contribution is -3.00. The number of carbonyl (C=O) groups excluding carboxylic acids is 4. The quantitative estimate of drug-likeness (QED) is 0.252. The fraction of sp³-hybridized carbons (Fsp3) is 0.516. The number of rotatable bonds is 5. The van der Waals surface area contributed by atoms with E-state index in [1.807, 2.05) is 12.1 Å². The number of methoxy groups -OCH3 is 1. The van der Waals surface area contributed by atoms with Crippen molar-refractivity contribution in [2.24, 2.45) is 5.92 Å². The second-order valence-corrected chi connectivity index (χ2v) is 11.6. The lowest BCUT2D eigenvalue weighted by Gasteiger charge is -2.27. The molecule has 1 aromatic carbocycles. The first-order valence-corrected chi connectivity index (χ1v) is 14.5. The summed E-state index contributed by atoms with van der Waals surface area (Å²) in [5.41, 5.74) is 4.25. The molecule has 3 heterocycles. The van der Waals surface area contributed by atoms with Crippen LogP contribution in [0.4, 0.5) is 0 Å². The fourth-order valence-corrected chi connectivity index (χ4v) is 6.11. The van der Waals surface area contributed by atoms with E-state index in [9.17, 15) is 19.2 Å². The van der Waals surface area contributed by atoms with Gasteiger partial charge >= 0.3 is 0 Å². The lowest BCUT2D eigenvalue weighted by atomic mass is 10.1. The normalized spacial score (nSPS) is 28.0. The largest absolute Gasteiger partial charge is 1.00 e. The predicted octanol–water partition coefficient (Wildman–Crippen LogP) is -4.18. The summed E-state index contributed by atoms with van der Waals surface area (Å²) in [5.74, 6) is 0.293. The molecule has 0 spiro atoms. The van der Waals surface area contributed by atoms with Crippen LogP contribution in [-0.2, 0) is 14.4 Å². The monoisotopic (exact) mass is 634 g/mol. The molecule has 12 heteroatoms. The molecule has 2 aromatic rings. The molecule has 2 amide bonds. The summed E-state index contributed by atoms with van der Waals surface area (Å²) in [7, 11) is 1.57. The topological polar surface area (TPSA) is 144 Å². The van der Waals surface area contributed by atoms with Crippen LogP contribution in [0.2, 0.25) is 0 Å². The van der Waals surface area contributed by atoms with E-state index in [2.05, 4.69) is 22.1 Å². The van der Waals surface area contributed by atoms with Crippen LogP contribution in [0.15, 0.2) is 36.4 Å². The molecular formula is C31H40Cl2N4O6. The van der Waals surface area contributed by atoms with Gasteiger partial charge in [0.2, 0.25) is 17.2 Å². The van der Waals surface area contributed by atoms with E-state index in [-0.39, 0.29) is 67.1 Å². The molecule has 3 aliphatic rings. The minimum Gasteiger partial charge on any atom is -1.00 e. The van der Waals surface area contributed by atoms with Crippen molar-refractivity contribution in [2.75, 3.05) is 13.7 Å². The van der Waals surface area contributed by atoms with Gasteiger partial charge in [0, 0.05) is 25.7 Å². The summed E-state index contributed by atoms with van der Waals surface area (Å²) in [5, 5.41) is 3.77. The summed E-state index contributed by atoms with van der Waals surface area (Å²) < 4.78 is 11.8. The Kier molecular flexibility index (Phi) is 11.2. The van der Waals surface area contributed by atoms with Crippen LogP contribution in [-0.4, -0.2) is 65.7 Å². The molecule has 5 atom stereocenters. The number of carbonyl (C=O) groups is 4. The van der Waals surface area contributed by atoms with Gasteiger partial charge in [0.05, 0.1) is 31.2 Å². The smallest absolute Gasteiger partial charge is 0.281 e. The molecule has 10 nitrogen and oxygen atoms in total. The number of allylic oxidation sites excluding steroid dienone is 1. The number of fused-ring (bicyclic) bond motifs is 3. The highest BCUT2D eigenvalue weighted by Crippen LogP contribution is 2.46. The van der Waals surface area contributed by atoms with Crippen LogP contribution < -0.4 is 50.3 Å². The van der Waals surface area contributed by atoms with E-state index in [1.54, 1.807) is 30.2 Å². The van der Waals surface area contributed by atoms with Crippen molar-refractivity contribution in [3.63, 3.8) is 0 Å². The molecule has 2 aliphatic heterocycles. The highest BCUT2D eigenvalue weighted by molar-refractivity contribution is 5.98. The average molecular weight is 636 g/mol. The molecule has 43 heavy (non-hydrogen) atoms. The molecule has 5 rings (SSSR count). The number of Topliss-reactive ketones (excluding diaryl/α,β-unsaturated/α-hetero) is 2. The molecule has 1 aliphatic carbocycles. The minimum atomic E-state index is -0.924. The molecule has 2 fully saturated rings. The van der Waals surface area contributed by atoms with Gasteiger partial charge in [0.25, 0.3) is 11.6 Å². The van der Waals surface area contributed by atoms with Crippen molar-refractivity contribution in [3.05, 3.63) is 42.1 Å². The summed E-state index contributed by atoms with van der Waals surface area (Å²) in [6, 6.07) is 5.83. The number of pyridine rings is 1. The summed E-state index contributed by atoms with van der Waals surface area (Å²) in [6.07, 6.45) is 8.88. The number of quaternary nitrogens is 1. The maximum Gasteiger partial charge on any atom is 0.281 e. The van der Waals surface area contributed by atoms with Gasteiger partial charge in [-0.3, -0.25) is 19.2 Å². The van der Waals surface area contributed by atoms with Crippen molar-refractivity contribution in [1.29, 1.82) is 0 Å². The summed E-state index contributed by atoms with van der Waals surface area (Å²) >= 11 is 0. The van der Waals surface area contributed by atoms with Crippen LogP contribution in [0, 0.1) is 5.92 Å². The molecule has 1 unspecified atom stereocenters.